The predicted octanol–water partition coefficient (Wildman–Crippen LogP) is 2.08. The van der Waals surface area contributed by atoms with Gasteiger partial charge < -0.3 is 20.5 Å². The molecule has 0 saturated heterocycles. The van der Waals surface area contributed by atoms with Gasteiger partial charge in [0.1, 0.15) is 22.5 Å². The fourth-order valence-corrected chi connectivity index (χ4v) is 4.67. The first-order valence-corrected chi connectivity index (χ1v) is 12.3. The Hall–Kier alpha value is -3.96. The molecule has 37 heavy (non-hydrogen) atoms. The molecule has 2 heterocycles. The molecule has 0 spiro atoms. The molecule has 2 aliphatic carbocycles. The van der Waals surface area contributed by atoms with Crippen molar-refractivity contribution in [3.8, 4) is 0 Å². The lowest BCUT2D eigenvalue weighted by Crippen LogP contribution is -2.56. The van der Waals surface area contributed by atoms with E-state index in [-0.39, 0.29) is 23.3 Å². The lowest BCUT2D eigenvalue weighted by molar-refractivity contribution is -0.149. The van der Waals surface area contributed by atoms with Crippen LogP contribution in [0, 0.1) is 0 Å². The highest BCUT2D eigenvalue weighted by Crippen LogP contribution is 2.30. The third-order valence-electron chi connectivity index (χ3n) is 6.70. The molecule has 2 aromatic rings. The molecule has 2 aromatic heterocycles. The van der Waals surface area contributed by atoms with Crippen molar-refractivity contribution in [1.82, 2.24) is 30.6 Å². The van der Waals surface area contributed by atoms with E-state index in [1.165, 1.54) is 44.3 Å². The van der Waals surface area contributed by atoms with Crippen molar-refractivity contribution in [2.75, 3.05) is 7.11 Å². The highest BCUT2D eigenvalue weighted by molar-refractivity contribution is 5.97. The zero-order valence-electron chi connectivity index (χ0n) is 20.8. The van der Waals surface area contributed by atoms with E-state index in [9.17, 15) is 24.3 Å². The first-order chi connectivity index (χ1) is 17.8. The molecular weight excluding hydrogens is 480 g/mol. The summed E-state index contributed by atoms with van der Waals surface area (Å²) in [5.41, 5.74) is -1.71. The van der Waals surface area contributed by atoms with Crippen LogP contribution in [0.5, 0.6) is 0 Å². The Labute approximate surface area is 214 Å². The van der Waals surface area contributed by atoms with Crippen molar-refractivity contribution < 1.29 is 29.0 Å². The Bertz CT molecular complexity index is 1070. The number of nitrogens with zero attached hydrogens (tertiary/aromatic N) is 4. The Morgan fingerprint density at radius 2 is 1.16 bits per heavy atom. The maximum Gasteiger partial charge on any atom is 0.331 e. The van der Waals surface area contributed by atoms with Crippen molar-refractivity contribution in [1.29, 1.82) is 0 Å². The van der Waals surface area contributed by atoms with Crippen LogP contribution in [0.2, 0.25) is 0 Å². The van der Waals surface area contributed by atoms with Gasteiger partial charge in [-0.25, -0.2) is 19.6 Å². The quantitative estimate of drug-likeness (QED) is 0.486. The van der Waals surface area contributed by atoms with E-state index in [1.54, 1.807) is 0 Å². The van der Waals surface area contributed by atoms with Gasteiger partial charge in [0.05, 0.1) is 19.5 Å². The van der Waals surface area contributed by atoms with Gasteiger partial charge in [-0.3, -0.25) is 19.6 Å². The monoisotopic (exact) mass is 512 g/mol. The zero-order chi connectivity index (χ0) is 26.7. The molecule has 0 bridgehead atoms. The minimum Gasteiger partial charge on any atom is -0.480 e. The molecule has 0 unspecified atom stereocenters. The van der Waals surface area contributed by atoms with Crippen molar-refractivity contribution in [3.05, 3.63) is 48.6 Å². The van der Waals surface area contributed by atoms with Gasteiger partial charge in [0.15, 0.2) is 0 Å². The normalized spacial score (nSPS) is 17.8. The van der Waals surface area contributed by atoms with Gasteiger partial charge in [0.2, 0.25) is 0 Å². The summed E-state index contributed by atoms with van der Waals surface area (Å²) in [6.07, 6.45) is 16.2. The topological polar surface area (TPSA) is 173 Å². The van der Waals surface area contributed by atoms with E-state index in [1.807, 2.05) is 0 Å². The Balaban J connectivity index is 0.000000206. The lowest BCUT2D eigenvalue weighted by atomic mass is 9.81. The van der Waals surface area contributed by atoms with Crippen LogP contribution in [0.25, 0.3) is 0 Å². The van der Waals surface area contributed by atoms with Gasteiger partial charge in [0, 0.05) is 24.8 Å². The molecule has 198 valence electrons. The summed E-state index contributed by atoms with van der Waals surface area (Å²) in [6, 6.07) is 0. The number of carboxylic acid groups (broad SMARTS) is 1. The van der Waals surface area contributed by atoms with Crippen LogP contribution in [-0.2, 0) is 14.3 Å². The third-order valence-corrected chi connectivity index (χ3v) is 6.70. The average Bonchev–Trinajstić information content (AvgIpc) is 2.94. The number of nitrogens with one attached hydrogen (secondary N) is 2. The molecule has 0 radical (unpaired) electrons. The second kappa shape index (κ2) is 12.8. The second-order valence-electron chi connectivity index (χ2n) is 9.17. The summed E-state index contributed by atoms with van der Waals surface area (Å²) in [5.74, 6) is -2.23. The number of hydrogen-bond donors (Lipinski definition) is 3. The summed E-state index contributed by atoms with van der Waals surface area (Å²) in [7, 11) is 1.34. The van der Waals surface area contributed by atoms with Crippen LogP contribution in [0.3, 0.4) is 0 Å². The van der Waals surface area contributed by atoms with Gasteiger partial charge in [-0.1, -0.05) is 38.5 Å². The van der Waals surface area contributed by atoms with Crippen molar-refractivity contribution in [3.63, 3.8) is 0 Å². The molecule has 0 aliphatic heterocycles. The van der Waals surface area contributed by atoms with Gasteiger partial charge in [-0.2, -0.15) is 0 Å². The molecule has 3 N–H and O–H groups in total. The molecule has 12 heteroatoms. The number of esters is 1. The Morgan fingerprint density at radius 1 is 0.730 bits per heavy atom. The van der Waals surface area contributed by atoms with Crippen LogP contribution >= 0.6 is 0 Å². The van der Waals surface area contributed by atoms with E-state index in [0.29, 0.717) is 25.7 Å². The molecular formula is C25H32N6O6. The summed E-state index contributed by atoms with van der Waals surface area (Å²) in [6.45, 7) is 0. The minimum atomic E-state index is -1.15. The maximum absolute atomic E-state index is 12.1. The highest BCUT2D eigenvalue weighted by Gasteiger charge is 2.43. The molecule has 0 atom stereocenters. The standard InChI is InChI=1S/C13H17N3O3.C12H15N3O3/c1-19-12(18)13(5-3-2-4-6-13)16-11(17)10-9-14-7-8-15-10;16-10(9-8-13-6-7-14-9)15-12(11(17)18)4-2-1-3-5-12/h7-9H,2-6H2,1H3,(H,16,17);6-8H,1-5H2,(H,15,16)(H,17,18). The first kappa shape index (κ1) is 27.6. The van der Waals surface area contributed by atoms with E-state index in [0.717, 1.165) is 38.5 Å². The molecule has 4 rings (SSSR count). The number of hydrogen-bond acceptors (Lipinski definition) is 9. The number of methoxy groups -OCH3 is 1. The Kier molecular flexibility index (Phi) is 9.58. The molecule has 12 nitrogen and oxygen atoms in total. The van der Waals surface area contributed by atoms with E-state index >= 15 is 0 Å². The Morgan fingerprint density at radius 3 is 1.54 bits per heavy atom. The van der Waals surface area contributed by atoms with Crippen molar-refractivity contribution in [2.24, 2.45) is 0 Å². The molecule has 0 aromatic carbocycles. The molecule has 2 aliphatic rings. The summed E-state index contributed by atoms with van der Waals surface area (Å²) < 4.78 is 4.84. The lowest BCUT2D eigenvalue weighted by Gasteiger charge is -2.35. The van der Waals surface area contributed by atoms with Gasteiger partial charge in [-0.05, 0) is 25.7 Å². The number of aromatic nitrogens is 4. The summed E-state index contributed by atoms with van der Waals surface area (Å²) in [4.78, 5) is 62.9. The number of ether oxygens (including phenoxy) is 1. The number of carbonyl (C=O) groups is 4. The van der Waals surface area contributed by atoms with E-state index < -0.39 is 23.0 Å². The van der Waals surface area contributed by atoms with Crippen molar-refractivity contribution >= 4 is 23.8 Å². The average molecular weight is 513 g/mol. The van der Waals surface area contributed by atoms with Crippen molar-refractivity contribution in [2.45, 2.75) is 75.3 Å². The molecule has 2 saturated carbocycles. The number of carboxylic acids is 1. The number of aliphatic carboxylic acids is 1. The smallest absolute Gasteiger partial charge is 0.331 e. The second-order valence-corrected chi connectivity index (χ2v) is 9.17. The van der Waals surface area contributed by atoms with E-state index in [2.05, 4.69) is 30.6 Å². The number of rotatable bonds is 6. The molecule has 2 fully saturated rings. The number of amides is 2. The predicted molar refractivity (Wildman–Crippen MR) is 130 cm³/mol. The van der Waals surface area contributed by atoms with Gasteiger partial charge in [0.25, 0.3) is 11.8 Å². The van der Waals surface area contributed by atoms with Crippen LogP contribution in [-0.4, -0.2) is 67.0 Å². The third kappa shape index (κ3) is 7.05. The molecule has 2 amide bonds. The number of carbonyl (C=O) groups excluding carboxylic acids is 3. The SMILES string of the molecule is COC(=O)C1(NC(=O)c2cnccn2)CCCCC1.O=C(NC1(C(=O)O)CCCCC1)c1cnccn1. The largest absolute Gasteiger partial charge is 0.480 e. The fourth-order valence-electron chi connectivity index (χ4n) is 4.67. The van der Waals surface area contributed by atoms with Crippen LogP contribution in [0.4, 0.5) is 0 Å². The minimum absolute atomic E-state index is 0.142. The highest BCUT2D eigenvalue weighted by atomic mass is 16.5. The van der Waals surface area contributed by atoms with Gasteiger partial charge in [-0.15, -0.1) is 0 Å². The fraction of sp³-hybridized carbons (Fsp3) is 0.520. The first-order valence-electron chi connectivity index (χ1n) is 12.3. The zero-order valence-corrected chi connectivity index (χ0v) is 20.8. The van der Waals surface area contributed by atoms with Crippen LogP contribution < -0.4 is 10.6 Å². The van der Waals surface area contributed by atoms with Crippen LogP contribution in [0.15, 0.2) is 37.2 Å². The maximum atomic E-state index is 12.1. The van der Waals surface area contributed by atoms with E-state index in [4.69, 9.17) is 4.74 Å². The summed E-state index contributed by atoms with van der Waals surface area (Å²) >= 11 is 0. The van der Waals surface area contributed by atoms with Crippen LogP contribution in [0.1, 0.15) is 85.2 Å². The van der Waals surface area contributed by atoms with Gasteiger partial charge >= 0.3 is 11.9 Å². The summed E-state index contributed by atoms with van der Waals surface area (Å²) in [5, 5.41) is 14.7.